The summed E-state index contributed by atoms with van der Waals surface area (Å²) in [5.41, 5.74) is 0.635. The second kappa shape index (κ2) is 7.42. The first-order chi connectivity index (χ1) is 11.9. The number of aromatic nitrogens is 2. The fraction of sp³-hybridized carbons (Fsp3) is 0.375. The monoisotopic (exact) mass is 474 g/mol. The molecule has 0 spiro atoms. The van der Waals surface area contributed by atoms with E-state index in [0.29, 0.717) is 31.6 Å². The van der Waals surface area contributed by atoms with Crippen LogP contribution in [0.3, 0.4) is 0 Å². The van der Waals surface area contributed by atoms with Crippen LogP contribution in [0.5, 0.6) is 0 Å². The summed E-state index contributed by atoms with van der Waals surface area (Å²) in [7, 11) is -1.89. The van der Waals surface area contributed by atoms with Gasteiger partial charge in [0.05, 0.1) is 6.20 Å². The largest absolute Gasteiger partial charge is 0.337 e. The van der Waals surface area contributed by atoms with E-state index in [1.54, 1.807) is 18.0 Å². The molecule has 9 heteroatoms. The molecule has 0 radical (unpaired) electrons. The van der Waals surface area contributed by atoms with Crippen molar-refractivity contribution in [1.82, 2.24) is 19.0 Å². The van der Waals surface area contributed by atoms with Crippen LogP contribution >= 0.6 is 22.6 Å². The molecule has 1 fully saturated rings. The zero-order valence-corrected chi connectivity index (χ0v) is 16.8. The Labute approximate surface area is 160 Å². The van der Waals surface area contributed by atoms with Gasteiger partial charge in [0.15, 0.2) is 0 Å². The third-order valence-electron chi connectivity index (χ3n) is 4.13. The van der Waals surface area contributed by atoms with Crippen LogP contribution in [0, 0.1) is 3.57 Å². The summed E-state index contributed by atoms with van der Waals surface area (Å²) in [6.07, 6.45) is 3.46. The van der Waals surface area contributed by atoms with Gasteiger partial charge >= 0.3 is 0 Å². The molecule has 2 heterocycles. The van der Waals surface area contributed by atoms with E-state index in [2.05, 4.69) is 27.7 Å². The highest BCUT2D eigenvalue weighted by Gasteiger charge is 2.29. The van der Waals surface area contributed by atoms with Crippen molar-refractivity contribution in [2.24, 2.45) is 7.05 Å². The van der Waals surface area contributed by atoms with Crippen LogP contribution in [0.25, 0.3) is 0 Å². The van der Waals surface area contributed by atoms with Gasteiger partial charge in [0, 0.05) is 48.6 Å². The highest BCUT2D eigenvalue weighted by atomic mass is 127. The first-order valence-corrected chi connectivity index (χ1v) is 10.4. The molecule has 0 saturated carbocycles. The Balaban J connectivity index is 1.73. The number of sulfonamides is 1. The highest BCUT2D eigenvalue weighted by Crippen LogP contribution is 2.18. The summed E-state index contributed by atoms with van der Waals surface area (Å²) >= 11 is 2.17. The van der Waals surface area contributed by atoms with Gasteiger partial charge in [0.1, 0.15) is 4.90 Å². The number of carbonyl (C=O) groups excluding carboxylic acids is 1. The molecule has 1 aliphatic rings. The Morgan fingerprint density at radius 3 is 2.68 bits per heavy atom. The maximum absolute atomic E-state index is 12.7. The van der Waals surface area contributed by atoms with E-state index >= 15 is 0 Å². The maximum atomic E-state index is 12.7. The second-order valence-corrected chi connectivity index (χ2v) is 9.09. The van der Waals surface area contributed by atoms with Gasteiger partial charge in [-0.25, -0.2) is 8.42 Å². The lowest BCUT2D eigenvalue weighted by molar-refractivity contribution is 0.0764. The van der Waals surface area contributed by atoms with Crippen LogP contribution in [-0.4, -0.2) is 59.5 Å². The molecule has 1 aliphatic heterocycles. The van der Waals surface area contributed by atoms with Gasteiger partial charge in [-0.3, -0.25) is 9.48 Å². The summed E-state index contributed by atoms with van der Waals surface area (Å²) in [4.78, 5) is 14.6. The molecule has 0 N–H and O–H groups in total. The lowest BCUT2D eigenvalue weighted by Gasteiger charge is -2.21. The fourth-order valence-electron chi connectivity index (χ4n) is 2.82. The van der Waals surface area contributed by atoms with Crippen molar-refractivity contribution in [3.63, 3.8) is 0 Å². The van der Waals surface area contributed by atoms with E-state index in [-0.39, 0.29) is 17.3 Å². The number of aryl methyl sites for hydroxylation is 1. The lowest BCUT2D eigenvalue weighted by Crippen LogP contribution is -2.37. The number of hydrogen-bond donors (Lipinski definition) is 0. The van der Waals surface area contributed by atoms with Crippen LogP contribution in [0.4, 0.5) is 0 Å². The van der Waals surface area contributed by atoms with E-state index in [9.17, 15) is 13.2 Å². The Kier molecular flexibility index (Phi) is 5.44. The van der Waals surface area contributed by atoms with Gasteiger partial charge in [0.2, 0.25) is 10.0 Å². The standard InChI is InChI=1S/C16H19IN4O3S/c1-19-12-15(11-18-19)25(23,24)21-7-3-6-20(8-9-21)16(22)13-4-2-5-14(17)10-13/h2,4-5,10-12H,3,6-9H2,1H3. The molecule has 2 aromatic rings. The summed E-state index contributed by atoms with van der Waals surface area (Å²) in [5, 5.41) is 3.94. The molecule has 0 aliphatic carbocycles. The Hall–Kier alpha value is -1.46. The van der Waals surface area contributed by atoms with Gasteiger partial charge in [-0.2, -0.15) is 9.40 Å². The van der Waals surface area contributed by atoms with Gasteiger partial charge in [-0.1, -0.05) is 6.07 Å². The lowest BCUT2D eigenvalue weighted by atomic mass is 10.2. The third kappa shape index (κ3) is 4.04. The van der Waals surface area contributed by atoms with Crippen molar-refractivity contribution in [2.45, 2.75) is 11.3 Å². The van der Waals surface area contributed by atoms with Gasteiger partial charge in [0.25, 0.3) is 5.91 Å². The van der Waals surface area contributed by atoms with E-state index in [0.717, 1.165) is 3.57 Å². The minimum atomic E-state index is -3.57. The highest BCUT2D eigenvalue weighted by molar-refractivity contribution is 14.1. The minimum absolute atomic E-state index is 0.0564. The second-order valence-electron chi connectivity index (χ2n) is 5.91. The molecule has 3 rings (SSSR count). The van der Waals surface area contributed by atoms with E-state index in [1.165, 1.54) is 21.4 Å². The molecular weight excluding hydrogens is 455 g/mol. The number of amides is 1. The molecule has 0 atom stereocenters. The SMILES string of the molecule is Cn1cc(S(=O)(=O)N2CCCN(C(=O)c3cccc(I)c3)CC2)cn1. The Bertz CT molecular complexity index is 881. The Morgan fingerprint density at radius 1 is 1.20 bits per heavy atom. The van der Waals surface area contributed by atoms with Crippen molar-refractivity contribution < 1.29 is 13.2 Å². The average molecular weight is 474 g/mol. The fourth-order valence-corrected chi connectivity index (χ4v) is 4.82. The van der Waals surface area contributed by atoms with Crippen molar-refractivity contribution >= 4 is 38.5 Å². The Morgan fingerprint density at radius 2 is 2.00 bits per heavy atom. The van der Waals surface area contributed by atoms with Crippen LogP contribution in [-0.2, 0) is 17.1 Å². The van der Waals surface area contributed by atoms with Gasteiger partial charge in [-0.05, 0) is 47.2 Å². The van der Waals surface area contributed by atoms with Gasteiger partial charge < -0.3 is 4.90 Å². The average Bonchev–Trinajstić information content (AvgIpc) is 2.87. The number of nitrogens with zero attached hydrogens (tertiary/aromatic N) is 4. The van der Waals surface area contributed by atoms with Gasteiger partial charge in [-0.15, -0.1) is 0 Å². The van der Waals surface area contributed by atoms with E-state index in [4.69, 9.17) is 0 Å². The summed E-state index contributed by atoms with van der Waals surface area (Å²) in [6.45, 7) is 1.60. The first-order valence-electron chi connectivity index (χ1n) is 7.91. The van der Waals surface area contributed by atoms with Crippen molar-refractivity contribution in [1.29, 1.82) is 0 Å². The normalized spacial score (nSPS) is 16.6. The third-order valence-corrected chi connectivity index (χ3v) is 6.66. The molecule has 1 aromatic carbocycles. The molecule has 25 heavy (non-hydrogen) atoms. The first kappa shape index (κ1) is 18.3. The van der Waals surface area contributed by atoms with Crippen LogP contribution in [0.15, 0.2) is 41.6 Å². The minimum Gasteiger partial charge on any atom is -0.337 e. The smallest absolute Gasteiger partial charge is 0.253 e. The molecule has 1 saturated heterocycles. The molecule has 1 amide bonds. The van der Waals surface area contributed by atoms with Crippen LogP contribution < -0.4 is 0 Å². The molecule has 7 nitrogen and oxygen atoms in total. The predicted molar refractivity (Wildman–Crippen MR) is 102 cm³/mol. The van der Waals surface area contributed by atoms with E-state index in [1.807, 2.05) is 18.2 Å². The predicted octanol–water partition coefficient (Wildman–Crippen LogP) is 1.56. The number of halogens is 1. The maximum Gasteiger partial charge on any atom is 0.253 e. The summed E-state index contributed by atoms with van der Waals surface area (Å²) in [6, 6.07) is 7.42. The zero-order chi connectivity index (χ0) is 18.0. The van der Waals surface area contributed by atoms with Crippen molar-refractivity contribution in [2.75, 3.05) is 26.2 Å². The van der Waals surface area contributed by atoms with Crippen LogP contribution in [0.1, 0.15) is 16.8 Å². The van der Waals surface area contributed by atoms with E-state index < -0.39 is 10.0 Å². The zero-order valence-electron chi connectivity index (χ0n) is 13.8. The molecular formula is C16H19IN4O3S. The summed E-state index contributed by atoms with van der Waals surface area (Å²) in [5.74, 6) is -0.0564. The molecule has 0 unspecified atom stereocenters. The quantitative estimate of drug-likeness (QED) is 0.633. The number of rotatable bonds is 3. The number of hydrogen-bond acceptors (Lipinski definition) is 4. The van der Waals surface area contributed by atoms with Crippen LogP contribution in [0.2, 0.25) is 0 Å². The van der Waals surface area contributed by atoms with Crippen molar-refractivity contribution in [3.8, 4) is 0 Å². The topological polar surface area (TPSA) is 75.5 Å². The molecule has 1 aromatic heterocycles. The van der Waals surface area contributed by atoms with Crippen molar-refractivity contribution in [3.05, 3.63) is 45.8 Å². The number of carbonyl (C=O) groups is 1. The number of benzene rings is 1. The molecule has 0 bridgehead atoms. The summed E-state index contributed by atoms with van der Waals surface area (Å²) < 4.78 is 29.3. The molecule has 134 valence electrons.